The highest BCUT2D eigenvalue weighted by Crippen LogP contribution is 2.49. The molecule has 1 aromatic carbocycles. The van der Waals surface area contributed by atoms with Crippen LogP contribution in [0, 0.1) is 5.92 Å². The molecule has 2 nitrogen and oxygen atoms in total. The van der Waals surface area contributed by atoms with Gasteiger partial charge < -0.3 is 10.1 Å². The molecule has 0 aromatic heterocycles. The summed E-state index contributed by atoms with van der Waals surface area (Å²) in [5, 5.41) is 3.21. The van der Waals surface area contributed by atoms with Gasteiger partial charge in [-0.1, -0.05) is 18.2 Å². The molecule has 18 heavy (non-hydrogen) atoms. The molecule has 1 aliphatic heterocycles. The van der Waals surface area contributed by atoms with Gasteiger partial charge in [-0.3, -0.25) is 0 Å². The lowest BCUT2D eigenvalue weighted by atomic mass is 9.99. The predicted molar refractivity (Wildman–Crippen MR) is 64.6 cm³/mol. The van der Waals surface area contributed by atoms with Gasteiger partial charge >= 0.3 is 0 Å². The number of ether oxygens (including phenoxy) is 1. The fraction of sp³-hybridized carbons (Fsp3) is 0.571. The van der Waals surface area contributed by atoms with Crippen LogP contribution in [0.1, 0.15) is 30.1 Å². The van der Waals surface area contributed by atoms with E-state index in [0.717, 1.165) is 12.1 Å². The van der Waals surface area contributed by atoms with Crippen molar-refractivity contribution in [2.75, 3.05) is 19.7 Å². The largest absolute Gasteiger partial charge is 0.371 e. The van der Waals surface area contributed by atoms with Crippen LogP contribution >= 0.6 is 0 Å². The number of nitrogens with one attached hydrogen (secondary N) is 1. The molecule has 2 fully saturated rings. The van der Waals surface area contributed by atoms with E-state index >= 15 is 0 Å². The normalized spacial score (nSPS) is 25.1. The van der Waals surface area contributed by atoms with Crippen molar-refractivity contribution in [3.05, 3.63) is 35.4 Å². The van der Waals surface area contributed by atoms with Crippen LogP contribution in [0.2, 0.25) is 0 Å². The highest BCUT2D eigenvalue weighted by Gasteiger charge is 2.48. The van der Waals surface area contributed by atoms with Crippen LogP contribution in [0.5, 0.6) is 0 Å². The van der Waals surface area contributed by atoms with Crippen molar-refractivity contribution < 1.29 is 13.5 Å². The summed E-state index contributed by atoms with van der Waals surface area (Å²) in [6.45, 7) is 2.15. The lowest BCUT2D eigenvalue weighted by Crippen LogP contribution is -2.33. The lowest BCUT2D eigenvalue weighted by Gasteiger charge is -2.25. The van der Waals surface area contributed by atoms with Crippen molar-refractivity contribution in [2.45, 2.75) is 24.9 Å². The summed E-state index contributed by atoms with van der Waals surface area (Å²) in [7, 11) is 0. The topological polar surface area (TPSA) is 21.3 Å². The van der Waals surface area contributed by atoms with Gasteiger partial charge in [0.1, 0.15) is 0 Å². The smallest absolute Gasteiger partial charge is 0.276 e. The van der Waals surface area contributed by atoms with Crippen molar-refractivity contribution in [1.29, 1.82) is 0 Å². The first kappa shape index (κ1) is 12.1. The number of benzene rings is 1. The molecule has 2 aliphatic rings. The van der Waals surface area contributed by atoms with E-state index < -0.39 is 11.8 Å². The van der Waals surface area contributed by atoms with Gasteiger partial charge in [0.2, 0.25) is 0 Å². The van der Waals surface area contributed by atoms with Crippen LogP contribution in [0.3, 0.4) is 0 Å². The van der Waals surface area contributed by atoms with Gasteiger partial charge in [-0.25, -0.2) is 8.78 Å². The van der Waals surface area contributed by atoms with E-state index in [4.69, 9.17) is 4.74 Å². The van der Waals surface area contributed by atoms with Gasteiger partial charge in [-0.2, -0.15) is 0 Å². The summed E-state index contributed by atoms with van der Waals surface area (Å²) in [4.78, 5) is 0. The highest BCUT2D eigenvalue weighted by molar-refractivity contribution is 5.30. The van der Waals surface area contributed by atoms with Gasteiger partial charge in [-0.05, 0) is 24.5 Å². The molecule has 1 saturated carbocycles. The predicted octanol–water partition coefficient (Wildman–Crippen LogP) is 2.85. The molecule has 0 spiro atoms. The Hall–Kier alpha value is -1.00. The Labute approximate surface area is 105 Å². The molecule has 98 valence electrons. The Morgan fingerprint density at radius 1 is 1.28 bits per heavy atom. The molecule has 1 aromatic rings. The molecule has 0 radical (unpaired) electrons. The summed E-state index contributed by atoms with van der Waals surface area (Å²) in [6, 6.07) is 6.71. The number of rotatable bonds is 3. The standard InChI is InChI=1S/C14H17F2NO/c15-14(16,11-4-5-11)12-3-1-2-10(8-12)13-9-17-6-7-18-13/h1-3,8,11,13,17H,4-7,9H2. The third kappa shape index (κ3) is 2.27. The zero-order valence-electron chi connectivity index (χ0n) is 10.2. The number of morpholine rings is 1. The van der Waals surface area contributed by atoms with Crippen molar-refractivity contribution in [3.63, 3.8) is 0 Å². The van der Waals surface area contributed by atoms with Gasteiger partial charge in [0.15, 0.2) is 0 Å². The Balaban J connectivity index is 1.84. The zero-order valence-corrected chi connectivity index (χ0v) is 10.2. The number of alkyl halides is 2. The van der Waals surface area contributed by atoms with E-state index in [1.54, 1.807) is 12.1 Å². The van der Waals surface area contributed by atoms with E-state index in [0.29, 0.717) is 26.0 Å². The molecule has 1 unspecified atom stereocenters. The second-order valence-electron chi connectivity index (χ2n) is 5.09. The third-order valence-corrected chi connectivity index (χ3v) is 3.66. The van der Waals surface area contributed by atoms with E-state index in [-0.39, 0.29) is 11.7 Å². The summed E-state index contributed by atoms with van der Waals surface area (Å²) in [6.07, 6.45) is 1.17. The Morgan fingerprint density at radius 3 is 2.78 bits per heavy atom. The van der Waals surface area contributed by atoms with E-state index in [2.05, 4.69) is 5.32 Å². The van der Waals surface area contributed by atoms with Gasteiger partial charge in [-0.15, -0.1) is 0 Å². The van der Waals surface area contributed by atoms with Crippen LogP contribution in [-0.4, -0.2) is 19.7 Å². The van der Waals surface area contributed by atoms with E-state index in [9.17, 15) is 8.78 Å². The van der Waals surface area contributed by atoms with Crippen molar-refractivity contribution in [3.8, 4) is 0 Å². The molecule has 1 atom stereocenters. The number of hydrogen-bond donors (Lipinski definition) is 1. The molecule has 3 rings (SSSR count). The first-order chi connectivity index (χ1) is 8.68. The van der Waals surface area contributed by atoms with Crippen LogP contribution in [0.4, 0.5) is 8.78 Å². The molecule has 1 saturated heterocycles. The number of hydrogen-bond acceptors (Lipinski definition) is 2. The molecule has 1 N–H and O–H groups in total. The molecule has 4 heteroatoms. The summed E-state index contributed by atoms with van der Waals surface area (Å²) < 4.78 is 33.7. The lowest BCUT2D eigenvalue weighted by molar-refractivity contribution is -0.0290. The average Bonchev–Trinajstić information content (AvgIpc) is 3.25. The minimum Gasteiger partial charge on any atom is -0.371 e. The third-order valence-electron chi connectivity index (χ3n) is 3.66. The number of halogens is 2. The summed E-state index contributed by atoms with van der Waals surface area (Å²) in [5.41, 5.74) is 0.983. The quantitative estimate of drug-likeness (QED) is 0.894. The van der Waals surface area contributed by atoms with Crippen LogP contribution < -0.4 is 5.32 Å². The monoisotopic (exact) mass is 253 g/mol. The molecule has 0 amide bonds. The Bertz CT molecular complexity index is 426. The molecule has 1 aliphatic carbocycles. The second kappa shape index (κ2) is 4.59. The summed E-state index contributed by atoms with van der Waals surface area (Å²) >= 11 is 0. The molecular formula is C14H17F2NO. The second-order valence-corrected chi connectivity index (χ2v) is 5.09. The first-order valence-electron chi connectivity index (χ1n) is 6.48. The fourth-order valence-corrected chi connectivity index (χ4v) is 2.41. The molecule has 0 bridgehead atoms. The van der Waals surface area contributed by atoms with E-state index in [1.165, 1.54) is 6.07 Å². The average molecular weight is 253 g/mol. The minimum atomic E-state index is -2.68. The maximum absolute atomic E-state index is 14.0. The maximum atomic E-state index is 14.0. The van der Waals surface area contributed by atoms with Crippen LogP contribution in [0.15, 0.2) is 24.3 Å². The van der Waals surface area contributed by atoms with Gasteiger partial charge in [0.05, 0.1) is 12.7 Å². The SMILES string of the molecule is FC(F)(c1cccc(C2CNCCO2)c1)C1CC1. The summed E-state index contributed by atoms with van der Waals surface area (Å²) in [5.74, 6) is -3.14. The van der Waals surface area contributed by atoms with Gasteiger partial charge in [0.25, 0.3) is 5.92 Å². The van der Waals surface area contributed by atoms with E-state index in [1.807, 2.05) is 6.07 Å². The van der Waals surface area contributed by atoms with Crippen molar-refractivity contribution >= 4 is 0 Å². The zero-order chi connectivity index (χ0) is 12.6. The van der Waals surface area contributed by atoms with Crippen molar-refractivity contribution in [1.82, 2.24) is 5.32 Å². The highest BCUT2D eigenvalue weighted by atomic mass is 19.3. The Kier molecular flexibility index (Phi) is 3.08. The molecular weight excluding hydrogens is 236 g/mol. The van der Waals surface area contributed by atoms with Crippen LogP contribution in [0.25, 0.3) is 0 Å². The Morgan fingerprint density at radius 2 is 2.11 bits per heavy atom. The van der Waals surface area contributed by atoms with Gasteiger partial charge in [0, 0.05) is 24.6 Å². The first-order valence-corrected chi connectivity index (χ1v) is 6.48. The van der Waals surface area contributed by atoms with Crippen LogP contribution in [-0.2, 0) is 10.7 Å². The molecule has 1 heterocycles. The maximum Gasteiger partial charge on any atom is 0.276 e. The fourth-order valence-electron chi connectivity index (χ4n) is 2.41. The van der Waals surface area contributed by atoms with Crippen molar-refractivity contribution in [2.24, 2.45) is 5.92 Å². The minimum absolute atomic E-state index is 0.103.